The third kappa shape index (κ3) is 4.36. The zero-order chi connectivity index (χ0) is 17.2. The summed E-state index contributed by atoms with van der Waals surface area (Å²) >= 11 is 0. The third-order valence-corrected chi connectivity index (χ3v) is 4.39. The molecule has 2 heterocycles. The second-order valence-electron chi connectivity index (χ2n) is 7.71. The second-order valence-corrected chi connectivity index (χ2v) is 7.71. The van der Waals surface area contributed by atoms with Gasteiger partial charge in [0.15, 0.2) is 0 Å². The molecule has 0 spiro atoms. The Morgan fingerprint density at radius 3 is 2.57 bits per heavy atom. The number of hydrogen-bond donors (Lipinski definition) is 1. The molecule has 1 fully saturated rings. The molecule has 1 aliphatic rings. The van der Waals surface area contributed by atoms with E-state index in [0.29, 0.717) is 35.1 Å². The van der Waals surface area contributed by atoms with Crippen molar-refractivity contribution in [3.8, 4) is 0 Å². The van der Waals surface area contributed by atoms with E-state index in [-0.39, 0.29) is 5.97 Å². The largest absolute Gasteiger partial charge is 0.462 e. The van der Waals surface area contributed by atoms with Gasteiger partial charge in [0.2, 0.25) is 0 Å². The number of ether oxygens (including phenoxy) is 1. The standard InChI is InChI=1S/C18H29N3O2/c1-12(2)11-23-17(22)15-13(3)10-14(19)20-16(15)21-8-6-18(4,5)7-9-21/h10,12H,6-9,11H2,1-5H3,(H2,19,20). The molecular weight excluding hydrogens is 290 g/mol. The number of pyridine rings is 1. The SMILES string of the molecule is Cc1cc(N)nc(N2CCC(C)(C)CC2)c1C(=O)OCC(C)C. The van der Waals surface area contributed by atoms with Crippen LogP contribution in [0.25, 0.3) is 0 Å². The topological polar surface area (TPSA) is 68.5 Å². The quantitative estimate of drug-likeness (QED) is 0.861. The summed E-state index contributed by atoms with van der Waals surface area (Å²) in [5, 5.41) is 0. The minimum atomic E-state index is -0.302. The number of nitrogen functional groups attached to an aromatic ring is 1. The van der Waals surface area contributed by atoms with Gasteiger partial charge in [0.1, 0.15) is 17.2 Å². The predicted molar refractivity (Wildman–Crippen MR) is 93.7 cm³/mol. The highest BCUT2D eigenvalue weighted by atomic mass is 16.5. The third-order valence-electron chi connectivity index (χ3n) is 4.39. The van der Waals surface area contributed by atoms with Crippen LogP contribution in [0, 0.1) is 18.3 Å². The number of aromatic nitrogens is 1. The fourth-order valence-corrected chi connectivity index (χ4v) is 2.80. The molecule has 5 nitrogen and oxygen atoms in total. The van der Waals surface area contributed by atoms with Crippen molar-refractivity contribution in [3.05, 3.63) is 17.2 Å². The fourth-order valence-electron chi connectivity index (χ4n) is 2.80. The van der Waals surface area contributed by atoms with E-state index in [2.05, 4.69) is 23.7 Å². The molecule has 0 saturated carbocycles. The first-order valence-electron chi connectivity index (χ1n) is 8.39. The molecule has 1 saturated heterocycles. The number of hydrogen-bond acceptors (Lipinski definition) is 5. The van der Waals surface area contributed by atoms with Crippen molar-refractivity contribution in [1.82, 2.24) is 4.98 Å². The van der Waals surface area contributed by atoms with Gasteiger partial charge in [-0.15, -0.1) is 0 Å². The van der Waals surface area contributed by atoms with Gasteiger partial charge in [-0.1, -0.05) is 27.7 Å². The van der Waals surface area contributed by atoms with Crippen LogP contribution >= 0.6 is 0 Å². The van der Waals surface area contributed by atoms with Gasteiger partial charge >= 0.3 is 5.97 Å². The number of anilines is 2. The summed E-state index contributed by atoms with van der Waals surface area (Å²) in [6.45, 7) is 12.7. The minimum Gasteiger partial charge on any atom is -0.462 e. The lowest BCUT2D eigenvalue weighted by molar-refractivity contribution is 0.0458. The number of rotatable bonds is 4. The van der Waals surface area contributed by atoms with Crippen LogP contribution in [0.1, 0.15) is 56.5 Å². The number of nitrogens with zero attached hydrogens (tertiary/aromatic N) is 2. The highest BCUT2D eigenvalue weighted by molar-refractivity contribution is 5.97. The molecular formula is C18H29N3O2. The number of carbonyl (C=O) groups is 1. The van der Waals surface area contributed by atoms with E-state index in [1.807, 2.05) is 20.8 Å². The molecule has 0 radical (unpaired) electrons. The molecule has 0 aliphatic carbocycles. The maximum Gasteiger partial charge on any atom is 0.342 e. The van der Waals surface area contributed by atoms with Gasteiger partial charge in [0, 0.05) is 13.1 Å². The fraction of sp³-hybridized carbons (Fsp3) is 0.667. The first kappa shape index (κ1) is 17.6. The molecule has 0 atom stereocenters. The summed E-state index contributed by atoms with van der Waals surface area (Å²) in [5.74, 6) is 1.12. The molecule has 2 N–H and O–H groups in total. The molecule has 1 aliphatic heterocycles. The van der Waals surface area contributed by atoms with Crippen LogP contribution in [0.15, 0.2) is 6.07 Å². The maximum atomic E-state index is 12.5. The van der Waals surface area contributed by atoms with Crippen molar-refractivity contribution in [2.24, 2.45) is 11.3 Å². The van der Waals surface area contributed by atoms with Crippen LogP contribution < -0.4 is 10.6 Å². The summed E-state index contributed by atoms with van der Waals surface area (Å²) in [6.07, 6.45) is 2.14. The number of aryl methyl sites for hydroxylation is 1. The van der Waals surface area contributed by atoms with Crippen molar-refractivity contribution in [3.63, 3.8) is 0 Å². The Labute approximate surface area is 139 Å². The van der Waals surface area contributed by atoms with Crippen molar-refractivity contribution >= 4 is 17.6 Å². The number of carbonyl (C=O) groups excluding carboxylic acids is 1. The van der Waals surface area contributed by atoms with Gasteiger partial charge in [-0.2, -0.15) is 0 Å². The predicted octanol–water partition coefficient (Wildman–Crippen LogP) is 3.41. The Kier molecular flexibility index (Phi) is 5.17. The molecule has 1 aromatic rings. The van der Waals surface area contributed by atoms with E-state index in [9.17, 15) is 4.79 Å². The van der Waals surface area contributed by atoms with E-state index >= 15 is 0 Å². The first-order chi connectivity index (χ1) is 10.7. The van der Waals surface area contributed by atoms with Crippen LogP contribution in [-0.2, 0) is 4.74 Å². The van der Waals surface area contributed by atoms with Crippen LogP contribution in [0.5, 0.6) is 0 Å². The van der Waals surface area contributed by atoms with E-state index < -0.39 is 0 Å². The highest BCUT2D eigenvalue weighted by Gasteiger charge is 2.29. The monoisotopic (exact) mass is 319 g/mol. The van der Waals surface area contributed by atoms with E-state index in [4.69, 9.17) is 10.5 Å². The number of nitrogens with two attached hydrogens (primary N) is 1. The summed E-state index contributed by atoms with van der Waals surface area (Å²) < 4.78 is 5.44. The van der Waals surface area contributed by atoms with Gasteiger partial charge in [-0.3, -0.25) is 0 Å². The van der Waals surface area contributed by atoms with Gasteiger partial charge in [-0.05, 0) is 42.7 Å². The van der Waals surface area contributed by atoms with Crippen molar-refractivity contribution in [2.75, 3.05) is 30.3 Å². The molecule has 0 bridgehead atoms. The van der Waals surface area contributed by atoms with Gasteiger partial charge in [-0.25, -0.2) is 9.78 Å². The number of piperidine rings is 1. The Balaban J connectivity index is 2.29. The molecule has 23 heavy (non-hydrogen) atoms. The van der Waals surface area contributed by atoms with Crippen LogP contribution in [0.2, 0.25) is 0 Å². The van der Waals surface area contributed by atoms with Crippen molar-refractivity contribution < 1.29 is 9.53 Å². The summed E-state index contributed by atoms with van der Waals surface area (Å²) in [5.41, 5.74) is 7.64. The average molecular weight is 319 g/mol. The lowest BCUT2D eigenvalue weighted by Crippen LogP contribution is -2.39. The summed E-state index contributed by atoms with van der Waals surface area (Å²) in [6, 6.07) is 1.74. The molecule has 128 valence electrons. The van der Waals surface area contributed by atoms with Gasteiger partial charge in [0.05, 0.1) is 6.61 Å². The Bertz CT molecular complexity index is 572. The van der Waals surface area contributed by atoms with E-state index in [0.717, 1.165) is 31.5 Å². The summed E-state index contributed by atoms with van der Waals surface area (Å²) in [4.78, 5) is 19.2. The van der Waals surface area contributed by atoms with Gasteiger partial charge < -0.3 is 15.4 Å². The molecule has 0 amide bonds. The normalized spacial score (nSPS) is 17.4. The van der Waals surface area contributed by atoms with Crippen LogP contribution in [0.3, 0.4) is 0 Å². The molecule has 1 aromatic heterocycles. The highest BCUT2D eigenvalue weighted by Crippen LogP contribution is 2.34. The molecule has 2 rings (SSSR count). The van der Waals surface area contributed by atoms with Gasteiger partial charge in [0.25, 0.3) is 0 Å². The van der Waals surface area contributed by atoms with Crippen LogP contribution in [0.4, 0.5) is 11.6 Å². The van der Waals surface area contributed by atoms with Crippen molar-refractivity contribution in [1.29, 1.82) is 0 Å². The minimum absolute atomic E-state index is 0.302. The van der Waals surface area contributed by atoms with Crippen LogP contribution in [-0.4, -0.2) is 30.6 Å². The Hall–Kier alpha value is -1.78. The van der Waals surface area contributed by atoms with E-state index in [1.165, 1.54) is 0 Å². The molecule has 0 aromatic carbocycles. The molecule has 5 heteroatoms. The first-order valence-corrected chi connectivity index (χ1v) is 8.39. The zero-order valence-electron chi connectivity index (χ0n) is 15.0. The Morgan fingerprint density at radius 1 is 1.39 bits per heavy atom. The summed E-state index contributed by atoms with van der Waals surface area (Å²) in [7, 11) is 0. The Morgan fingerprint density at radius 2 is 2.00 bits per heavy atom. The zero-order valence-corrected chi connectivity index (χ0v) is 15.0. The lowest BCUT2D eigenvalue weighted by Gasteiger charge is -2.38. The number of esters is 1. The average Bonchev–Trinajstić information content (AvgIpc) is 2.44. The maximum absolute atomic E-state index is 12.5. The lowest BCUT2D eigenvalue weighted by atomic mass is 9.82. The van der Waals surface area contributed by atoms with E-state index in [1.54, 1.807) is 6.07 Å². The molecule has 0 unspecified atom stereocenters. The smallest absolute Gasteiger partial charge is 0.342 e. The van der Waals surface area contributed by atoms with Crippen molar-refractivity contribution in [2.45, 2.75) is 47.5 Å². The second kappa shape index (κ2) is 6.77.